The summed E-state index contributed by atoms with van der Waals surface area (Å²) in [6.45, 7) is 1.92. The molecule has 1 amide bonds. The van der Waals surface area contributed by atoms with Gasteiger partial charge in [0.1, 0.15) is 0 Å². The first kappa shape index (κ1) is 26.9. The van der Waals surface area contributed by atoms with Gasteiger partial charge in [-0.3, -0.25) is 10.1 Å². The number of nitrogens with one attached hydrogen (secondary N) is 2. The lowest BCUT2D eigenvalue weighted by molar-refractivity contribution is 0.0974. The molecule has 0 saturated carbocycles. The molecule has 8 nitrogen and oxygen atoms in total. The molecule has 0 aliphatic heterocycles. The Bertz CT molecular complexity index is 1920. The Balaban J connectivity index is 1.74. The Morgan fingerprint density at radius 3 is 2.24 bits per heavy atom. The van der Waals surface area contributed by atoms with Crippen LogP contribution in [0.5, 0.6) is 0 Å². The minimum absolute atomic E-state index is 0.0705. The first-order chi connectivity index (χ1) is 19.8. The lowest BCUT2D eigenvalue weighted by atomic mass is 9.99. The molecule has 0 bridgehead atoms. The zero-order valence-electron chi connectivity index (χ0n) is 21.9. The molecule has 0 fully saturated rings. The summed E-state index contributed by atoms with van der Waals surface area (Å²) < 4.78 is 0. The number of hydrogen-bond donors (Lipinski definition) is 5. The van der Waals surface area contributed by atoms with Crippen molar-refractivity contribution >= 4 is 34.8 Å². The van der Waals surface area contributed by atoms with Crippen LogP contribution in [0.15, 0.2) is 79.0 Å². The molecule has 0 radical (unpaired) electrons. The molecule has 5 aromatic rings. The van der Waals surface area contributed by atoms with Crippen LogP contribution >= 0.6 is 11.6 Å². The standard InChI is InChI=1S/C32H24ClN7O/c1-19-10-12-22(33)18-24(19)30-28(31(41)37-16-14-21-7-3-5-9-26(21)35)23(13-11-20-6-2-4-8-25(20)34)29(40-30)27-15-17-38-32(36)39-27/h2-10,12,15,17-18,40H,34-35H2,1H3,(H,37,41)(H2,36,38,39). The molecule has 5 rings (SSSR count). The van der Waals surface area contributed by atoms with Crippen LogP contribution in [0.25, 0.3) is 22.6 Å². The summed E-state index contributed by atoms with van der Waals surface area (Å²) in [6, 6.07) is 24.2. The number of benzene rings is 3. The van der Waals surface area contributed by atoms with Gasteiger partial charge in [0.15, 0.2) is 0 Å². The van der Waals surface area contributed by atoms with Crippen LogP contribution < -0.4 is 22.5 Å². The summed E-state index contributed by atoms with van der Waals surface area (Å²) in [5, 5.41) is 3.19. The summed E-state index contributed by atoms with van der Waals surface area (Å²) in [6.07, 6.45) is 1.53. The van der Waals surface area contributed by atoms with E-state index >= 15 is 0 Å². The molecule has 8 N–H and O–H groups in total. The number of nitrogens with zero attached hydrogens (tertiary/aromatic N) is 2. The Hall–Kier alpha value is -5.70. The Labute approximate surface area is 242 Å². The lowest BCUT2D eigenvalue weighted by Gasteiger charge is -2.08. The zero-order chi connectivity index (χ0) is 28.9. The molecule has 2 heterocycles. The van der Waals surface area contributed by atoms with Crippen molar-refractivity contribution in [2.24, 2.45) is 0 Å². The average Bonchev–Trinajstić information content (AvgIpc) is 3.34. The van der Waals surface area contributed by atoms with Crippen LogP contribution in [0.4, 0.5) is 17.3 Å². The van der Waals surface area contributed by atoms with Crippen molar-refractivity contribution < 1.29 is 4.79 Å². The van der Waals surface area contributed by atoms with Crippen LogP contribution in [-0.4, -0.2) is 20.9 Å². The molecule has 0 aliphatic carbocycles. The van der Waals surface area contributed by atoms with Crippen molar-refractivity contribution in [2.75, 3.05) is 17.2 Å². The fraction of sp³-hybridized carbons (Fsp3) is 0.0312. The molecule has 0 atom stereocenters. The third kappa shape index (κ3) is 5.84. The molecule has 9 heteroatoms. The number of anilines is 3. The predicted octanol–water partition coefficient (Wildman–Crippen LogP) is 4.99. The van der Waals surface area contributed by atoms with Crippen LogP contribution in [0.1, 0.15) is 32.6 Å². The third-order valence-corrected chi connectivity index (χ3v) is 6.48. The first-order valence-electron chi connectivity index (χ1n) is 12.5. The maximum absolute atomic E-state index is 13.9. The lowest BCUT2D eigenvalue weighted by Crippen LogP contribution is -2.19. The van der Waals surface area contributed by atoms with Gasteiger partial charge < -0.3 is 22.2 Å². The van der Waals surface area contributed by atoms with E-state index in [9.17, 15) is 4.79 Å². The van der Waals surface area contributed by atoms with Crippen molar-refractivity contribution in [1.82, 2.24) is 20.3 Å². The van der Waals surface area contributed by atoms with Gasteiger partial charge in [0.2, 0.25) is 5.95 Å². The summed E-state index contributed by atoms with van der Waals surface area (Å²) >= 11 is 6.38. The zero-order valence-corrected chi connectivity index (χ0v) is 22.7. The van der Waals surface area contributed by atoms with Gasteiger partial charge in [-0.2, -0.15) is 0 Å². The highest BCUT2D eigenvalue weighted by atomic mass is 35.5. The number of para-hydroxylation sites is 2. The van der Waals surface area contributed by atoms with E-state index in [1.807, 2.05) is 37.3 Å². The van der Waals surface area contributed by atoms with Gasteiger partial charge in [0, 0.05) is 45.3 Å². The van der Waals surface area contributed by atoms with Crippen molar-refractivity contribution in [3.8, 4) is 46.5 Å². The number of halogens is 1. The number of carbonyl (C=O) groups is 1. The molecule has 2 aromatic heterocycles. The molecular weight excluding hydrogens is 534 g/mol. The molecule has 200 valence electrons. The van der Waals surface area contributed by atoms with Gasteiger partial charge in [0.25, 0.3) is 5.91 Å². The van der Waals surface area contributed by atoms with Crippen LogP contribution in [0.2, 0.25) is 5.02 Å². The number of amides is 1. The number of rotatable bonds is 3. The summed E-state index contributed by atoms with van der Waals surface area (Å²) in [4.78, 5) is 25.6. The fourth-order valence-electron chi connectivity index (χ4n) is 4.19. The number of hydrogen-bond acceptors (Lipinski definition) is 6. The average molecular weight is 558 g/mol. The molecular formula is C32H24ClN7O. The van der Waals surface area contributed by atoms with E-state index in [4.69, 9.17) is 28.8 Å². The number of nitrogens with two attached hydrogens (primary N) is 3. The van der Waals surface area contributed by atoms with Crippen molar-refractivity contribution in [1.29, 1.82) is 0 Å². The van der Waals surface area contributed by atoms with Gasteiger partial charge in [-0.1, -0.05) is 53.8 Å². The monoisotopic (exact) mass is 557 g/mol. The topological polar surface area (TPSA) is 149 Å². The number of aromatic amines is 1. The van der Waals surface area contributed by atoms with E-state index in [0.29, 0.717) is 55.7 Å². The van der Waals surface area contributed by atoms with Gasteiger partial charge in [-0.15, -0.1) is 0 Å². The molecule has 3 aromatic carbocycles. The van der Waals surface area contributed by atoms with Crippen molar-refractivity contribution in [3.05, 3.63) is 112 Å². The van der Waals surface area contributed by atoms with Crippen LogP contribution in [-0.2, 0) is 0 Å². The summed E-state index contributed by atoms with van der Waals surface area (Å²) in [5.74, 6) is 8.73. The van der Waals surface area contributed by atoms with Gasteiger partial charge in [-0.05, 0) is 60.9 Å². The van der Waals surface area contributed by atoms with Crippen molar-refractivity contribution in [3.63, 3.8) is 0 Å². The largest absolute Gasteiger partial charge is 0.398 e. The molecule has 0 aliphatic rings. The van der Waals surface area contributed by atoms with E-state index in [2.05, 4.69) is 44.1 Å². The first-order valence-corrected chi connectivity index (χ1v) is 12.8. The third-order valence-electron chi connectivity index (χ3n) is 6.24. The molecule has 0 unspecified atom stereocenters. The van der Waals surface area contributed by atoms with Gasteiger partial charge in [-0.25, -0.2) is 9.97 Å². The quantitative estimate of drug-likeness (QED) is 0.120. The maximum Gasteiger partial charge on any atom is 0.266 e. The van der Waals surface area contributed by atoms with E-state index in [1.165, 1.54) is 6.20 Å². The van der Waals surface area contributed by atoms with Crippen LogP contribution in [0.3, 0.4) is 0 Å². The molecule has 41 heavy (non-hydrogen) atoms. The smallest absolute Gasteiger partial charge is 0.266 e. The second-order valence-corrected chi connectivity index (χ2v) is 9.45. The number of H-pyrrole nitrogens is 1. The SMILES string of the molecule is Cc1ccc(Cl)cc1-c1[nH]c(-c2ccnc(N)n2)c(C#Cc2ccccc2N)c1C(=O)NC#Cc1ccccc1N. The van der Waals surface area contributed by atoms with E-state index in [-0.39, 0.29) is 11.5 Å². The van der Waals surface area contributed by atoms with E-state index in [0.717, 1.165) is 5.56 Å². The number of aryl methyl sites for hydroxylation is 1. The minimum atomic E-state index is -0.490. The van der Waals surface area contributed by atoms with Gasteiger partial charge in [0.05, 0.1) is 28.2 Å². The minimum Gasteiger partial charge on any atom is -0.398 e. The molecule has 0 spiro atoms. The number of carbonyl (C=O) groups excluding carboxylic acids is 1. The van der Waals surface area contributed by atoms with E-state index < -0.39 is 5.91 Å². The Morgan fingerprint density at radius 2 is 1.56 bits per heavy atom. The van der Waals surface area contributed by atoms with E-state index in [1.54, 1.807) is 42.5 Å². The Morgan fingerprint density at radius 1 is 0.878 bits per heavy atom. The fourth-order valence-corrected chi connectivity index (χ4v) is 4.36. The van der Waals surface area contributed by atoms with Gasteiger partial charge >= 0.3 is 0 Å². The summed E-state index contributed by atoms with van der Waals surface area (Å²) in [5.41, 5.74) is 23.9. The second-order valence-electron chi connectivity index (χ2n) is 9.01. The maximum atomic E-state index is 13.9. The van der Waals surface area contributed by atoms with Crippen LogP contribution in [0, 0.1) is 30.7 Å². The number of aromatic nitrogens is 3. The highest BCUT2D eigenvalue weighted by Crippen LogP contribution is 2.36. The predicted molar refractivity (Wildman–Crippen MR) is 163 cm³/mol. The Kier molecular flexibility index (Phi) is 7.60. The van der Waals surface area contributed by atoms with Crippen molar-refractivity contribution in [2.45, 2.75) is 6.92 Å². The number of nitrogen functional groups attached to an aromatic ring is 3. The summed E-state index contributed by atoms with van der Waals surface area (Å²) in [7, 11) is 0. The highest BCUT2D eigenvalue weighted by Gasteiger charge is 2.26. The second kappa shape index (κ2) is 11.6. The normalized spacial score (nSPS) is 10.2. The highest BCUT2D eigenvalue weighted by molar-refractivity contribution is 6.31. The molecule has 0 saturated heterocycles.